The van der Waals surface area contributed by atoms with Crippen LogP contribution >= 0.6 is 0 Å². The van der Waals surface area contributed by atoms with Gasteiger partial charge in [0.2, 0.25) is 0 Å². The van der Waals surface area contributed by atoms with Gasteiger partial charge in [0.25, 0.3) is 0 Å². The monoisotopic (exact) mass is 295 g/mol. The average molecular weight is 295 g/mol. The predicted molar refractivity (Wildman–Crippen MR) is 86.2 cm³/mol. The van der Waals surface area contributed by atoms with Gasteiger partial charge in [-0.1, -0.05) is 13.0 Å². The molecular formula is C17H29NO3. The molecule has 4 heteroatoms. The molecule has 1 rings (SSSR count). The van der Waals surface area contributed by atoms with Crippen molar-refractivity contribution in [2.45, 2.75) is 46.1 Å². The molecule has 0 aliphatic heterocycles. The molecule has 4 nitrogen and oxygen atoms in total. The third kappa shape index (κ3) is 7.34. The smallest absolute Gasteiger partial charge is 0.126 e. The Morgan fingerprint density at radius 1 is 1.05 bits per heavy atom. The Kier molecular flexibility index (Phi) is 7.54. The Hall–Kier alpha value is -1.26. The molecule has 0 radical (unpaired) electrons. The molecule has 0 saturated heterocycles. The summed E-state index contributed by atoms with van der Waals surface area (Å²) in [5.41, 5.74) is 6.61. The Morgan fingerprint density at radius 3 is 2.43 bits per heavy atom. The molecular weight excluding hydrogens is 266 g/mol. The lowest BCUT2D eigenvalue weighted by Gasteiger charge is -2.20. The molecule has 0 aliphatic rings. The lowest BCUT2D eigenvalue weighted by atomic mass is 10.1. The van der Waals surface area contributed by atoms with Crippen LogP contribution in [0.3, 0.4) is 0 Å². The van der Waals surface area contributed by atoms with Gasteiger partial charge in [0.1, 0.15) is 18.1 Å². The second-order valence-corrected chi connectivity index (χ2v) is 5.97. The number of hydrogen-bond acceptors (Lipinski definition) is 4. The molecule has 0 unspecified atom stereocenters. The highest BCUT2D eigenvalue weighted by Gasteiger charge is 2.10. The molecule has 0 saturated carbocycles. The summed E-state index contributed by atoms with van der Waals surface area (Å²) < 4.78 is 17.2. The fourth-order valence-corrected chi connectivity index (χ4v) is 1.84. The number of ether oxygens (including phenoxy) is 3. The summed E-state index contributed by atoms with van der Waals surface area (Å²) in [5, 5.41) is 0. The van der Waals surface area contributed by atoms with Crippen molar-refractivity contribution in [3.8, 4) is 11.5 Å². The van der Waals surface area contributed by atoms with Crippen LogP contribution < -0.4 is 15.2 Å². The van der Waals surface area contributed by atoms with Crippen molar-refractivity contribution in [2.75, 3.05) is 26.4 Å². The van der Waals surface area contributed by atoms with E-state index in [0.29, 0.717) is 26.4 Å². The highest BCUT2D eigenvalue weighted by molar-refractivity contribution is 5.41. The van der Waals surface area contributed by atoms with Gasteiger partial charge < -0.3 is 19.9 Å². The van der Waals surface area contributed by atoms with E-state index in [4.69, 9.17) is 19.9 Å². The first-order valence-corrected chi connectivity index (χ1v) is 7.69. The fraction of sp³-hybridized carbons (Fsp3) is 0.647. The van der Waals surface area contributed by atoms with Gasteiger partial charge in [-0.05, 0) is 51.8 Å². The lowest BCUT2D eigenvalue weighted by Crippen LogP contribution is -2.22. The number of benzene rings is 1. The summed E-state index contributed by atoms with van der Waals surface area (Å²) >= 11 is 0. The van der Waals surface area contributed by atoms with Crippen molar-refractivity contribution >= 4 is 0 Å². The van der Waals surface area contributed by atoms with Crippen molar-refractivity contribution in [3.63, 3.8) is 0 Å². The zero-order valence-electron chi connectivity index (χ0n) is 13.8. The maximum absolute atomic E-state index is 5.85. The fourth-order valence-electron chi connectivity index (χ4n) is 1.84. The van der Waals surface area contributed by atoms with Gasteiger partial charge in [0.15, 0.2) is 0 Å². The summed E-state index contributed by atoms with van der Waals surface area (Å²) in [6.45, 7) is 10.6. The zero-order valence-corrected chi connectivity index (χ0v) is 13.8. The highest BCUT2D eigenvalue weighted by atomic mass is 16.5. The first kappa shape index (κ1) is 17.8. The zero-order chi connectivity index (χ0) is 15.7. The van der Waals surface area contributed by atoms with E-state index < -0.39 is 0 Å². The van der Waals surface area contributed by atoms with E-state index in [1.807, 2.05) is 39.0 Å². The van der Waals surface area contributed by atoms with Gasteiger partial charge in [-0.15, -0.1) is 0 Å². The molecule has 0 aliphatic carbocycles. The van der Waals surface area contributed by atoms with Crippen LogP contribution in [-0.2, 0) is 11.2 Å². The Morgan fingerprint density at radius 2 is 1.81 bits per heavy atom. The summed E-state index contributed by atoms with van der Waals surface area (Å²) in [5.74, 6) is 1.68. The van der Waals surface area contributed by atoms with Crippen LogP contribution in [-0.4, -0.2) is 32.0 Å². The maximum Gasteiger partial charge on any atom is 0.126 e. The van der Waals surface area contributed by atoms with Gasteiger partial charge in [-0.25, -0.2) is 0 Å². The van der Waals surface area contributed by atoms with Crippen LogP contribution in [0.25, 0.3) is 0 Å². The largest absolute Gasteiger partial charge is 0.493 e. The minimum Gasteiger partial charge on any atom is -0.493 e. The van der Waals surface area contributed by atoms with Crippen molar-refractivity contribution < 1.29 is 14.2 Å². The molecule has 1 aromatic carbocycles. The molecule has 21 heavy (non-hydrogen) atoms. The summed E-state index contributed by atoms with van der Waals surface area (Å²) in [4.78, 5) is 0. The molecule has 0 fully saturated rings. The van der Waals surface area contributed by atoms with Crippen molar-refractivity contribution in [1.82, 2.24) is 0 Å². The second kappa shape index (κ2) is 8.90. The molecule has 0 amide bonds. The summed E-state index contributed by atoms with van der Waals surface area (Å²) in [6, 6.07) is 5.94. The van der Waals surface area contributed by atoms with E-state index in [-0.39, 0.29) is 5.60 Å². The van der Waals surface area contributed by atoms with Crippen molar-refractivity contribution in [3.05, 3.63) is 23.8 Å². The average Bonchev–Trinajstić information content (AvgIpc) is 2.42. The van der Waals surface area contributed by atoms with Gasteiger partial charge in [0.05, 0.1) is 18.8 Å². The lowest BCUT2D eigenvalue weighted by molar-refractivity contribution is -0.0164. The maximum atomic E-state index is 5.85. The molecule has 0 aromatic heterocycles. The van der Waals surface area contributed by atoms with E-state index >= 15 is 0 Å². The summed E-state index contributed by atoms with van der Waals surface area (Å²) in [6.07, 6.45) is 1.78. The first-order chi connectivity index (χ1) is 9.96. The second-order valence-electron chi connectivity index (χ2n) is 5.97. The van der Waals surface area contributed by atoms with E-state index in [1.165, 1.54) is 0 Å². The van der Waals surface area contributed by atoms with Gasteiger partial charge in [0, 0.05) is 6.07 Å². The molecule has 0 bridgehead atoms. The van der Waals surface area contributed by atoms with Crippen LogP contribution in [0.4, 0.5) is 0 Å². The van der Waals surface area contributed by atoms with Crippen LogP contribution in [0.5, 0.6) is 11.5 Å². The number of nitrogens with two attached hydrogens (primary N) is 1. The van der Waals surface area contributed by atoms with Crippen LogP contribution in [0.2, 0.25) is 0 Å². The highest BCUT2D eigenvalue weighted by Crippen LogP contribution is 2.25. The Labute approximate surface area is 128 Å². The van der Waals surface area contributed by atoms with Crippen molar-refractivity contribution in [1.29, 1.82) is 0 Å². The molecule has 0 heterocycles. The standard InChI is InChI=1S/C17H29NO3/c1-5-10-19-15-7-6-14(8-9-18)16(13-15)20-11-12-21-17(2,3)4/h6-7,13H,5,8-12,18H2,1-4H3. The normalized spacial score (nSPS) is 11.5. The van der Waals surface area contributed by atoms with Crippen LogP contribution in [0.15, 0.2) is 18.2 Å². The van der Waals surface area contributed by atoms with E-state index in [0.717, 1.165) is 29.9 Å². The minimum atomic E-state index is -0.143. The van der Waals surface area contributed by atoms with Gasteiger partial charge >= 0.3 is 0 Å². The third-order valence-electron chi connectivity index (χ3n) is 2.80. The molecule has 0 atom stereocenters. The van der Waals surface area contributed by atoms with Gasteiger partial charge in [-0.2, -0.15) is 0 Å². The number of rotatable bonds is 9. The topological polar surface area (TPSA) is 53.7 Å². The predicted octanol–water partition coefficient (Wildman–Crippen LogP) is 3.17. The quantitative estimate of drug-likeness (QED) is 0.711. The molecule has 0 spiro atoms. The van der Waals surface area contributed by atoms with E-state index in [2.05, 4.69) is 6.92 Å². The molecule has 2 N–H and O–H groups in total. The first-order valence-electron chi connectivity index (χ1n) is 7.69. The molecule has 120 valence electrons. The SMILES string of the molecule is CCCOc1ccc(CCN)c(OCCOC(C)(C)C)c1. The summed E-state index contributed by atoms with van der Waals surface area (Å²) in [7, 11) is 0. The van der Waals surface area contributed by atoms with E-state index in [1.54, 1.807) is 0 Å². The van der Waals surface area contributed by atoms with E-state index in [9.17, 15) is 0 Å². The molecule has 1 aromatic rings. The van der Waals surface area contributed by atoms with Crippen LogP contribution in [0, 0.1) is 0 Å². The Bertz CT molecular complexity index is 413. The van der Waals surface area contributed by atoms with Gasteiger partial charge in [-0.3, -0.25) is 0 Å². The Balaban J connectivity index is 2.62. The minimum absolute atomic E-state index is 0.143. The van der Waals surface area contributed by atoms with Crippen LogP contribution in [0.1, 0.15) is 39.7 Å². The third-order valence-corrected chi connectivity index (χ3v) is 2.80. The number of hydrogen-bond donors (Lipinski definition) is 1. The van der Waals surface area contributed by atoms with Crippen molar-refractivity contribution in [2.24, 2.45) is 5.73 Å².